The lowest BCUT2D eigenvalue weighted by Gasteiger charge is -2.09. The molecule has 0 aromatic rings. The van der Waals surface area contributed by atoms with Crippen molar-refractivity contribution in [2.45, 2.75) is 0 Å². The van der Waals surface area contributed by atoms with Crippen LogP contribution in [0.1, 0.15) is 0 Å². The highest BCUT2D eigenvalue weighted by Crippen LogP contribution is 1.90. The number of nitrogens with two attached hydrogens (primary N) is 1. The first-order valence-corrected chi connectivity index (χ1v) is 2.57. The molecule has 0 fully saturated rings. The molecule has 0 bridgehead atoms. The molecule has 0 aliphatic rings. The number of hydrogen-bond donors (Lipinski definition) is 1. The van der Waals surface area contributed by atoms with E-state index in [1.165, 1.54) is 6.26 Å². The summed E-state index contributed by atoms with van der Waals surface area (Å²) in [5.41, 5.74) is 5.02. The number of hydroxylamine groups is 2. The third kappa shape index (κ3) is 3.75. The van der Waals surface area contributed by atoms with Crippen molar-refractivity contribution in [3.63, 3.8) is 0 Å². The Labute approximate surface area is 72.2 Å². The molecule has 0 aromatic heterocycles. The van der Waals surface area contributed by atoms with Gasteiger partial charge in [0.1, 0.15) is 0 Å². The van der Waals surface area contributed by atoms with Crippen LogP contribution < -0.4 is 5.73 Å². The van der Waals surface area contributed by atoms with E-state index in [0.717, 1.165) is 12.5 Å². The number of nitrogens with zero attached hydrogens (tertiary/aromatic N) is 5. The van der Waals surface area contributed by atoms with E-state index < -0.39 is 5.96 Å². The SMILES string of the molecule is N#CO/N=C(\N)N(OC#N)OC#N. The first-order chi connectivity index (χ1) is 6.26. The summed E-state index contributed by atoms with van der Waals surface area (Å²) in [6, 6.07) is 0. The third-order valence-electron chi connectivity index (χ3n) is 0.615. The van der Waals surface area contributed by atoms with Crippen LogP contribution in [0.4, 0.5) is 0 Å². The van der Waals surface area contributed by atoms with Crippen molar-refractivity contribution < 1.29 is 14.5 Å². The number of rotatable bonds is 3. The lowest BCUT2D eigenvalue weighted by molar-refractivity contribution is -0.241. The van der Waals surface area contributed by atoms with E-state index in [1.54, 1.807) is 0 Å². The average Bonchev–Trinajstić information content (AvgIpc) is 2.14. The molecule has 9 nitrogen and oxygen atoms in total. The zero-order valence-corrected chi connectivity index (χ0v) is 6.04. The smallest absolute Gasteiger partial charge is 0.318 e. The van der Waals surface area contributed by atoms with E-state index >= 15 is 0 Å². The van der Waals surface area contributed by atoms with Crippen LogP contribution in [-0.2, 0) is 14.5 Å². The summed E-state index contributed by atoms with van der Waals surface area (Å²) in [5, 5.41) is 27.0. The molecular weight excluding hydrogens is 180 g/mol. The Morgan fingerprint density at radius 2 is 1.69 bits per heavy atom. The van der Waals surface area contributed by atoms with Gasteiger partial charge < -0.3 is 5.73 Å². The average molecular weight is 182 g/mol. The number of oxime groups is 1. The zero-order valence-electron chi connectivity index (χ0n) is 6.04. The molecule has 2 N–H and O–H groups in total. The van der Waals surface area contributed by atoms with Crippen LogP contribution in [0.2, 0.25) is 0 Å². The van der Waals surface area contributed by atoms with Crippen molar-refractivity contribution in [1.29, 1.82) is 15.8 Å². The molecule has 0 aliphatic carbocycles. The number of hydrogen-bond acceptors (Lipinski definition) is 7. The van der Waals surface area contributed by atoms with Crippen LogP contribution in [0.5, 0.6) is 0 Å². The van der Waals surface area contributed by atoms with Crippen LogP contribution >= 0.6 is 0 Å². The molecular formula is C4H2N6O3. The molecule has 0 rings (SSSR count). The maximum Gasteiger partial charge on any atom is 0.318 e. The summed E-state index contributed by atoms with van der Waals surface area (Å²) < 4.78 is 0. The molecule has 0 heterocycles. The first kappa shape index (κ1) is 10.1. The Morgan fingerprint density at radius 3 is 2.08 bits per heavy atom. The standard InChI is InChI=1S/C4H2N6O3/c5-1-11-9-4(8)10(12-2-6)13-3-7/h(H2,8,9). The van der Waals surface area contributed by atoms with E-state index in [4.69, 9.17) is 21.5 Å². The second-order valence-electron chi connectivity index (χ2n) is 1.25. The predicted molar refractivity (Wildman–Crippen MR) is 33.6 cm³/mol. The molecule has 0 saturated carbocycles. The van der Waals surface area contributed by atoms with Gasteiger partial charge in [0.15, 0.2) is 0 Å². The van der Waals surface area contributed by atoms with Gasteiger partial charge in [0.2, 0.25) is 0 Å². The summed E-state index contributed by atoms with van der Waals surface area (Å²) in [5.74, 6) is -0.621. The lowest BCUT2D eigenvalue weighted by Crippen LogP contribution is -2.35. The molecule has 0 amide bonds. The van der Waals surface area contributed by atoms with E-state index in [9.17, 15) is 0 Å². The minimum atomic E-state index is -0.621. The highest BCUT2D eigenvalue weighted by Gasteiger charge is 2.11. The van der Waals surface area contributed by atoms with Crippen molar-refractivity contribution >= 4 is 5.96 Å². The minimum absolute atomic E-state index is 0.164. The fraction of sp³-hybridized carbons (Fsp3) is 0. The fourth-order valence-electron chi connectivity index (χ4n) is 0.287. The molecule has 9 heteroatoms. The van der Waals surface area contributed by atoms with Crippen LogP contribution in [0, 0.1) is 34.6 Å². The summed E-state index contributed by atoms with van der Waals surface area (Å²) >= 11 is 0. The van der Waals surface area contributed by atoms with E-state index in [0.29, 0.717) is 0 Å². The van der Waals surface area contributed by atoms with Crippen molar-refractivity contribution in [3.8, 4) is 18.8 Å². The van der Waals surface area contributed by atoms with Gasteiger partial charge in [-0.1, -0.05) is 0 Å². The summed E-state index contributed by atoms with van der Waals surface area (Å²) in [7, 11) is 0. The Bertz CT molecular complexity index is 289. The monoisotopic (exact) mass is 182 g/mol. The second kappa shape index (κ2) is 5.89. The van der Waals surface area contributed by atoms with Gasteiger partial charge in [-0.2, -0.15) is 0 Å². The molecule has 0 aliphatic heterocycles. The van der Waals surface area contributed by atoms with Gasteiger partial charge in [0.25, 0.3) is 0 Å². The maximum atomic E-state index is 8.02. The Morgan fingerprint density at radius 1 is 1.15 bits per heavy atom. The molecule has 0 radical (unpaired) electrons. The lowest BCUT2D eigenvalue weighted by atomic mass is 11.1. The van der Waals surface area contributed by atoms with Gasteiger partial charge in [0, 0.05) is 5.23 Å². The fourth-order valence-corrected chi connectivity index (χ4v) is 0.287. The zero-order chi connectivity index (χ0) is 10.1. The first-order valence-electron chi connectivity index (χ1n) is 2.57. The van der Waals surface area contributed by atoms with Crippen LogP contribution in [-0.4, -0.2) is 11.2 Å². The molecule has 0 aromatic carbocycles. The topological polar surface area (TPSA) is 141 Å². The van der Waals surface area contributed by atoms with Crippen molar-refractivity contribution in [2.75, 3.05) is 0 Å². The van der Waals surface area contributed by atoms with Crippen LogP contribution in [0.15, 0.2) is 5.16 Å². The highest BCUT2D eigenvalue weighted by atomic mass is 16.9. The number of guanidine groups is 1. The summed E-state index contributed by atoms with van der Waals surface area (Å²) in [4.78, 5) is 11.8. The quantitative estimate of drug-likeness (QED) is 0.249. The van der Waals surface area contributed by atoms with Gasteiger partial charge in [-0.15, -0.1) is 15.8 Å². The van der Waals surface area contributed by atoms with Crippen molar-refractivity contribution in [2.24, 2.45) is 10.9 Å². The molecule has 0 unspecified atom stereocenters. The van der Waals surface area contributed by atoms with Crippen molar-refractivity contribution in [3.05, 3.63) is 0 Å². The summed E-state index contributed by atoms with van der Waals surface area (Å²) in [6.07, 6.45) is 3.49. The largest absolute Gasteiger partial charge is 0.361 e. The third-order valence-corrected chi connectivity index (χ3v) is 0.615. The van der Waals surface area contributed by atoms with E-state index in [-0.39, 0.29) is 5.23 Å². The van der Waals surface area contributed by atoms with Gasteiger partial charge in [-0.3, -0.25) is 14.5 Å². The Hall–Kier alpha value is -2.86. The molecule has 0 spiro atoms. The molecule has 0 saturated heterocycles. The normalized spacial score (nSPS) is 8.54. The van der Waals surface area contributed by atoms with Crippen molar-refractivity contribution in [1.82, 2.24) is 5.23 Å². The number of nitriles is 3. The van der Waals surface area contributed by atoms with Gasteiger partial charge >= 0.3 is 24.7 Å². The van der Waals surface area contributed by atoms with Crippen LogP contribution in [0.25, 0.3) is 0 Å². The second-order valence-corrected chi connectivity index (χ2v) is 1.25. The Kier molecular flexibility index (Phi) is 4.59. The van der Waals surface area contributed by atoms with Gasteiger partial charge in [0.05, 0.1) is 0 Å². The minimum Gasteiger partial charge on any atom is -0.361 e. The highest BCUT2D eigenvalue weighted by molar-refractivity contribution is 5.75. The van der Waals surface area contributed by atoms with Gasteiger partial charge in [-0.25, -0.2) is 0 Å². The predicted octanol–water partition coefficient (Wildman–Crippen LogP) is -1.16. The van der Waals surface area contributed by atoms with Gasteiger partial charge in [-0.05, 0) is 5.16 Å². The molecule has 66 valence electrons. The van der Waals surface area contributed by atoms with E-state index in [2.05, 4.69) is 19.7 Å². The molecule has 0 atom stereocenters. The Balaban J connectivity index is 4.31. The maximum absolute atomic E-state index is 8.02. The summed E-state index contributed by atoms with van der Waals surface area (Å²) in [6.45, 7) is 0. The van der Waals surface area contributed by atoms with E-state index in [1.807, 2.05) is 0 Å². The molecule has 13 heavy (non-hydrogen) atoms. The van der Waals surface area contributed by atoms with Crippen LogP contribution in [0.3, 0.4) is 0 Å².